The number of pyridine rings is 2. The smallest absolute Gasteiger partial charge is 0.213 e. The van der Waals surface area contributed by atoms with E-state index >= 15 is 0 Å². The van der Waals surface area contributed by atoms with Crippen molar-refractivity contribution in [2.45, 2.75) is 6.61 Å². The molecule has 0 aliphatic rings. The zero-order valence-electron chi connectivity index (χ0n) is 11.1. The molecular weight excluding hydrogens is 252 g/mol. The summed E-state index contributed by atoms with van der Waals surface area (Å²) in [5, 5.41) is 0. The summed E-state index contributed by atoms with van der Waals surface area (Å²) in [7, 11) is 1.59. The molecule has 0 aliphatic carbocycles. The standard InChI is InChI=1S/C16H14N2O2/c1-19-16-8-7-14-15(18-16)9-13(10-17-14)20-11-12-5-3-2-4-6-12/h2-10H,11H2,1H3. The summed E-state index contributed by atoms with van der Waals surface area (Å²) in [4.78, 5) is 8.67. The van der Waals surface area contributed by atoms with Gasteiger partial charge in [-0.15, -0.1) is 0 Å². The van der Waals surface area contributed by atoms with Crippen molar-refractivity contribution in [3.05, 3.63) is 60.3 Å². The molecule has 1 aromatic carbocycles. The molecule has 0 bridgehead atoms. The molecule has 0 radical (unpaired) electrons. The zero-order valence-corrected chi connectivity index (χ0v) is 11.1. The van der Waals surface area contributed by atoms with Gasteiger partial charge in [-0.05, 0) is 11.6 Å². The topological polar surface area (TPSA) is 44.2 Å². The molecule has 0 unspecified atom stereocenters. The number of methoxy groups -OCH3 is 1. The Bertz CT molecular complexity index is 714. The molecule has 20 heavy (non-hydrogen) atoms. The van der Waals surface area contributed by atoms with E-state index < -0.39 is 0 Å². The van der Waals surface area contributed by atoms with Crippen molar-refractivity contribution in [2.75, 3.05) is 7.11 Å². The Kier molecular flexibility index (Phi) is 3.46. The van der Waals surface area contributed by atoms with Crippen molar-refractivity contribution in [3.8, 4) is 11.6 Å². The predicted octanol–water partition coefficient (Wildman–Crippen LogP) is 3.22. The van der Waals surface area contributed by atoms with Crippen molar-refractivity contribution < 1.29 is 9.47 Å². The molecule has 100 valence electrons. The van der Waals surface area contributed by atoms with Crippen LogP contribution in [-0.2, 0) is 6.61 Å². The summed E-state index contributed by atoms with van der Waals surface area (Å²) in [6, 6.07) is 15.5. The number of rotatable bonds is 4. The van der Waals surface area contributed by atoms with Crippen molar-refractivity contribution >= 4 is 11.0 Å². The zero-order chi connectivity index (χ0) is 13.8. The van der Waals surface area contributed by atoms with Gasteiger partial charge in [-0.25, -0.2) is 4.98 Å². The lowest BCUT2D eigenvalue weighted by Gasteiger charge is -2.07. The average Bonchev–Trinajstić information content (AvgIpc) is 2.53. The first-order valence-corrected chi connectivity index (χ1v) is 6.33. The first kappa shape index (κ1) is 12.4. The summed E-state index contributed by atoms with van der Waals surface area (Å²) >= 11 is 0. The van der Waals surface area contributed by atoms with Crippen LogP contribution in [-0.4, -0.2) is 17.1 Å². The third-order valence-electron chi connectivity index (χ3n) is 2.94. The SMILES string of the molecule is COc1ccc2ncc(OCc3ccccc3)cc2n1. The van der Waals surface area contributed by atoms with E-state index in [4.69, 9.17) is 9.47 Å². The van der Waals surface area contributed by atoms with Crippen LogP contribution in [0, 0.1) is 0 Å². The van der Waals surface area contributed by atoms with Crippen LogP contribution < -0.4 is 9.47 Å². The van der Waals surface area contributed by atoms with Gasteiger partial charge in [-0.1, -0.05) is 30.3 Å². The molecule has 0 N–H and O–H groups in total. The van der Waals surface area contributed by atoms with Gasteiger partial charge in [0.25, 0.3) is 0 Å². The second-order valence-electron chi connectivity index (χ2n) is 4.34. The largest absolute Gasteiger partial charge is 0.487 e. The quantitative estimate of drug-likeness (QED) is 0.727. The van der Waals surface area contributed by atoms with Crippen LogP contribution in [0.1, 0.15) is 5.56 Å². The Labute approximate surface area is 117 Å². The van der Waals surface area contributed by atoms with E-state index in [0.29, 0.717) is 18.2 Å². The molecule has 4 nitrogen and oxygen atoms in total. The van der Waals surface area contributed by atoms with Crippen molar-refractivity contribution in [2.24, 2.45) is 0 Å². The number of nitrogens with zero attached hydrogens (tertiary/aromatic N) is 2. The van der Waals surface area contributed by atoms with Crippen molar-refractivity contribution in [1.82, 2.24) is 9.97 Å². The maximum Gasteiger partial charge on any atom is 0.213 e. The molecule has 0 aliphatic heterocycles. The molecular formula is C16H14N2O2. The fourth-order valence-electron chi connectivity index (χ4n) is 1.90. The Morgan fingerprint density at radius 3 is 2.65 bits per heavy atom. The summed E-state index contributed by atoms with van der Waals surface area (Å²) in [5.74, 6) is 1.27. The molecule has 3 rings (SSSR count). The van der Waals surface area contributed by atoms with Gasteiger partial charge in [-0.2, -0.15) is 0 Å². The Balaban J connectivity index is 1.81. The fraction of sp³-hybridized carbons (Fsp3) is 0.125. The van der Waals surface area contributed by atoms with Crippen molar-refractivity contribution in [3.63, 3.8) is 0 Å². The van der Waals surface area contributed by atoms with E-state index in [0.717, 1.165) is 16.6 Å². The van der Waals surface area contributed by atoms with Crippen LogP contribution in [0.25, 0.3) is 11.0 Å². The molecule has 4 heteroatoms. The lowest BCUT2D eigenvalue weighted by Crippen LogP contribution is -1.96. The highest BCUT2D eigenvalue weighted by Gasteiger charge is 2.02. The van der Waals surface area contributed by atoms with Gasteiger partial charge in [0.2, 0.25) is 5.88 Å². The van der Waals surface area contributed by atoms with Crippen LogP contribution >= 0.6 is 0 Å². The summed E-state index contributed by atoms with van der Waals surface area (Å²) in [6.07, 6.45) is 1.71. The number of fused-ring (bicyclic) bond motifs is 1. The second-order valence-corrected chi connectivity index (χ2v) is 4.34. The first-order valence-electron chi connectivity index (χ1n) is 6.33. The van der Waals surface area contributed by atoms with Gasteiger partial charge in [0.1, 0.15) is 12.4 Å². The van der Waals surface area contributed by atoms with E-state index in [1.54, 1.807) is 19.4 Å². The molecule has 0 spiro atoms. The Morgan fingerprint density at radius 2 is 1.85 bits per heavy atom. The lowest BCUT2D eigenvalue weighted by atomic mass is 10.2. The van der Waals surface area contributed by atoms with E-state index in [1.807, 2.05) is 42.5 Å². The van der Waals surface area contributed by atoms with Crippen LogP contribution in [0.15, 0.2) is 54.7 Å². The molecule has 0 atom stereocenters. The normalized spacial score (nSPS) is 10.4. The minimum absolute atomic E-state index is 0.512. The molecule has 2 aromatic heterocycles. The van der Waals surface area contributed by atoms with E-state index in [2.05, 4.69) is 9.97 Å². The monoisotopic (exact) mass is 266 g/mol. The Morgan fingerprint density at radius 1 is 1.00 bits per heavy atom. The van der Waals surface area contributed by atoms with Crippen LogP contribution in [0.2, 0.25) is 0 Å². The van der Waals surface area contributed by atoms with Crippen molar-refractivity contribution in [1.29, 1.82) is 0 Å². The summed E-state index contributed by atoms with van der Waals surface area (Å²) < 4.78 is 10.8. The molecule has 2 heterocycles. The van der Waals surface area contributed by atoms with Crippen LogP contribution in [0.5, 0.6) is 11.6 Å². The van der Waals surface area contributed by atoms with Gasteiger partial charge in [0, 0.05) is 12.1 Å². The molecule has 0 amide bonds. The van der Waals surface area contributed by atoms with Crippen LogP contribution in [0.3, 0.4) is 0 Å². The minimum atomic E-state index is 0.512. The molecule has 0 saturated heterocycles. The number of ether oxygens (including phenoxy) is 2. The van der Waals surface area contributed by atoms with Gasteiger partial charge in [0.05, 0.1) is 24.3 Å². The first-order chi connectivity index (χ1) is 9.85. The third kappa shape index (κ3) is 2.69. The van der Waals surface area contributed by atoms with Gasteiger partial charge in [0.15, 0.2) is 0 Å². The molecule has 0 fully saturated rings. The number of hydrogen-bond donors (Lipinski definition) is 0. The number of aromatic nitrogens is 2. The highest BCUT2D eigenvalue weighted by atomic mass is 16.5. The van der Waals surface area contributed by atoms with E-state index in [9.17, 15) is 0 Å². The molecule has 3 aromatic rings. The van der Waals surface area contributed by atoms with Crippen LogP contribution in [0.4, 0.5) is 0 Å². The minimum Gasteiger partial charge on any atom is -0.487 e. The summed E-state index contributed by atoms with van der Waals surface area (Å²) in [5.41, 5.74) is 2.69. The van der Waals surface area contributed by atoms with E-state index in [1.165, 1.54) is 0 Å². The van der Waals surface area contributed by atoms with Gasteiger partial charge >= 0.3 is 0 Å². The average molecular weight is 266 g/mol. The highest BCUT2D eigenvalue weighted by molar-refractivity contribution is 5.75. The van der Waals surface area contributed by atoms with Gasteiger partial charge < -0.3 is 9.47 Å². The molecule has 0 saturated carbocycles. The summed E-state index contributed by atoms with van der Waals surface area (Å²) in [6.45, 7) is 0.512. The predicted molar refractivity (Wildman–Crippen MR) is 76.9 cm³/mol. The third-order valence-corrected chi connectivity index (χ3v) is 2.94. The maximum absolute atomic E-state index is 5.73. The van der Waals surface area contributed by atoms with Gasteiger partial charge in [-0.3, -0.25) is 4.98 Å². The number of hydrogen-bond acceptors (Lipinski definition) is 4. The van der Waals surface area contributed by atoms with E-state index in [-0.39, 0.29) is 0 Å². The highest BCUT2D eigenvalue weighted by Crippen LogP contribution is 2.20. The second kappa shape index (κ2) is 5.57. The fourth-order valence-corrected chi connectivity index (χ4v) is 1.90. The maximum atomic E-state index is 5.73. The number of benzene rings is 1. The lowest BCUT2D eigenvalue weighted by molar-refractivity contribution is 0.305. The Hall–Kier alpha value is -2.62.